The Hall–Kier alpha value is -0.790. The van der Waals surface area contributed by atoms with Crippen LogP contribution in [-0.2, 0) is 19.5 Å². The van der Waals surface area contributed by atoms with E-state index in [0.717, 1.165) is 0 Å². The van der Waals surface area contributed by atoms with Gasteiger partial charge in [0.05, 0.1) is 13.1 Å². The molecule has 0 N–H and O–H groups in total. The van der Waals surface area contributed by atoms with E-state index < -0.39 is 0 Å². The Labute approximate surface area is 285 Å². The van der Waals surface area contributed by atoms with E-state index in [1.165, 1.54) is 238 Å². The molecule has 0 aliphatic heterocycles. The third-order valence-electron chi connectivity index (χ3n) is 10.3. The number of imidazole rings is 1. The summed E-state index contributed by atoms with van der Waals surface area (Å²) in [6, 6.07) is 0. The van der Waals surface area contributed by atoms with Crippen LogP contribution in [0.1, 0.15) is 245 Å². The van der Waals surface area contributed by atoms with Crippen molar-refractivity contribution in [3.63, 3.8) is 0 Å². The minimum absolute atomic E-state index is 1.23. The molecule has 0 aliphatic rings. The first-order chi connectivity index (χ1) is 22.3. The van der Waals surface area contributed by atoms with Crippen LogP contribution in [0.5, 0.6) is 0 Å². The van der Waals surface area contributed by atoms with Crippen LogP contribution in [0, 0.1) is 0 Å². The highest BCUT2D eigenvalue weighted by Crippen LogP contribution is 2.16. The zero-order valence-corrected chi connectivity index (χ0v) is 31.7. The molecule has 1 heterocycles. The van der Waals surface area contributed by atoms with Crippen molar-refractivity contribution in [1.82, 2.24) is 4.57 Å². The van der Waals surface area contributed by atoms with Crippen molar-refractivity contribution in [2.75, 3.05) is 0 Å². The van der Waals surface area contributed by atoms with Gasteiger partial charge in [-0.2, -0.15) is 0 Å². The normalized spacial score (nSPS) is 11.6. The molecule has 0 amide bonds. The molecule has 45 heavy (non-hydrogen) atoms. The molecule has 0 atom stereocenters. The Morgan fingerprint density at radius 1 is 0.378 bits per heavy atom. The van der Waals surface area contributed by atoms with Crippen molar-refractivity contribution >= 4 is 0 Å². The van der Waals surface area contributed by atoms with Gasteiger partial charge in [0.1, 0.15) is 12.4 Å². The lowest BCUT2D eigenvalue weighted by atomic mass is 10.0. The van der Waals surface area contributed by atoms with E-state index in [1.807, 2.05) is 0 Å². The Morgan fingerprint density at radius 3 is 1.07 bits per heavy atom. The summed E-state index contributed by atoms with van der Waals surface area (Å²) in [7, 11) is 0. The molecule has 266 valence electrons. The summed E-state index contributed by atoms with van der Waals surface area (Å²) in [5.74, 6) is 1.62. The van der Waals surface area contributed by atoms with Crippen LogP contribution >= 0.6 is 0 Å². The second-order valence-electron chi connectivity index (χ2n) is 14.8. The van der Waals surface area contributed by atoms with E-state index in [1.54, 1.807) is 5.82 Å². The fourth-order valence-corrected chi connectivity index (χ4v) is 7.21. The maximum Gasteiger partial charge on any atom is 0.256 e. The average molecular weight is 630 g/mol. The van der Waals surface area contributed by atoms with E-state index in [4.69, 9.17) is 0 Å². The second-order valence-corrected chi connectivity index (χ2v) is 14.8. The Kier molecular flexibility index (Phi) is 32.4. The number of unbranched alkanes of at least 4 members (excludes halogenated alkanes) is 31. The summed E-state index contributed by atoms with van der Waals surface area (Å²) in [6.07, 6.45) is 54.9. The molecular weight excluding hydrogens is 544 g/mol. The Bertz CT molecular complexity index is 692. The van der Waals surface area contributed by atoms with Gasteiger partial charge in [0, 0.05) is 6.42 Å². The van der Waals surface area contributed by atoms with Crippen molar-refractivity contribution < 1.29 is 4.57 Å². The number of hydrogen-bond donors (Lipinski definition) is 0. The minimum Gasteiger partial charge on any atom is -0.234 e. The monoisotopic (exact) mass is 630 g/mol. The molecule has 1 aromatic heterocycles. The van der Waals surface area contributed by atoms with Crippen LogP contribution < -0.4 is 4.57 Å². The first-order valence-electron chi connectivity index (χ1n) is 21.4. The smallest absolute Gasteiger partial charge is 0.234 e. The molecular formula is C43H85N2+. The predicted octanol–water partition coefficient (Wildman–Crippen LogP) is 14.6. The maximum atomic E-state index is 2.63. The van der Waals surface area contributed by atoms with Gasteiger partial charge in [-0.15, -0.1) is 0 Å². The molecule has 0 aromatic carbocycles. The highest BCUT2D eigenvalue weighted by atomic mass is 15.1. The molecule has 1 aromatic rings. The van der Waals surface area contributed by atoms with Crippen LogP contribution in [-0.4, -0.2) is 4.57 Å². The number of rotatable bonds is 37. The van der Waals surface area contributed by atoms with Crippen LogP contribution in [0.15, 0.2) is 12.4 Å². The molecule has 0 unspecified atom stereocenters. The summed E-state index contributed by atoms with van der Waals surface area (Å²) in [4.78, 5) is 0. The lowest BCUT2D eigenvalue weighted by Gasteiger charge is -2.07. The van der Waals surface area contributed by atoms with Gasteiger partial charge in [-0.3, -0.25) is 0 Å². The van der Waals surface area contributed by atoms with Gasteiger partial charge in [0.2, 0.25) is 0 Å². The summed E-state index contributed by atoms with van der Waals surface area (Å²) in [5, 5.41) is 0. The minimum atomic E-state index is 1.23. The van der Waals surface area contributed by atoms with Crippen molar-refractivity contribution in [1.29, 1.82) is 0 Å². The van der Waals surface area contributed by atoms with E-state index in [2.05, 4.69) is 42.3 Å². The largest absolute Gasteiger partial charge is 0.256 e. The molecule has 0 bridgehead atoms. The van der Waals surface area contributed by atoms with Crippen LogP contribution in [0.4, 0.5) is 0 Å². The highest BCUT2D eigenvalue weighted by Gasteiger charge is 2.16. The summed E-state index contributed by atoms with van der Waals surface area (Å²) in [6.45, 7) is 9.41. The Balaban J connectivity index is 2.16. The first-order valence-corrected chi connectivity index (χ1v) is 21.4. The summed E-state index contributed by atoms with van der Waals surface area (Å²) >= 11 is 0. The number of hydrogen-bond acceptors (Lipinski definition) is 0. The fraction of sp³-hybridized carbons (Fsp3) is 0.930. The summed E-state index contributed by atoms with van der Waals surface area (Å²) < 4.78 is 5.26. The molecule has 0 spiro atoms. The van der Waals surface area contributed by atoms with Crippen LogP contribution in [0.2, 0.25) is 0 Å². The van der Waals surface area contributed by atoms with Gasteiger partial charge < -0.3 is 0 Å². The lowest BCUT2D eigenvalue weighted by Crippen LogP contribution is -2.37. The molecule has 1 rings (SSSR count). The molecule has 0 radical (unpaired) electrons. The topological polar surface area (TPSA) is 8.81 Å². The average Bonchev–Trinajstić information content (AvgIpc) is 3.43. The first kappa shape index (κ1) is 42.2. The standard InChI is InChI=1S/C43H85N2/c1-4-7-10-13-15-17-19-21-23-25-27-29-31-34-37-40-45-42-41-44(43(45)38-35-32-12-9-6-3)39-36-33-30-28-26-24-22-20-18-16-14-11-8-5-2/h41-42H,4-40H2,1-3H3/q+1. The number of aromatic nitrogens is 2. The van der Waals surface area contributed by atoms with Gasteiger partial charge in [0.25, 0.3) is 5.82 Å². The molecule has 0 aliphatic carbocycles. The highest BCUT2D eigenvalue weighted by molar-refractivity contribution is 4.84. The van der Waals surface area contributed by atoms with Crippen molar-refractivity contribution in [3.8, 4) is 0 Å². The second kappa shape index (κ2) is 34.5. The van der Waals surface area contributed by atoms with Crippen molar-refractivity contribution in [2.24, 2.45) is 0 Å². The van der Waals surface area contributed by atoms with Crippen molar-refractivity contribution in [3.05, 3.63) is 18.2 Å². The zero-order chi connectivity index (χ0) is 32.3. The van der Waals surface area contributed by atoms with Gasteiger partial charge in [0.15, 0.2) is 0 Å². The van der Waals surface area contributed by atoms with E-state index in [9.17, 15) is 0 Å². The SMILES string of the molecule is CCCCCCCCCCCCCCCCC[n+]1ccn(CCCCCCCCCCCCCCCC)c1CCCCCCC. The van der Waals surface area contributed by atoms with Crippen LogP contribution in [0.25, 0.3) is 0 Å². The van der Waals surface area contributed by atoms with Crippen LogP contribution in [0.3, 0.4) is 0 Å². The number of nitrogens with zero attached hydrogens (tertiary/aromatic N) is 2. The molecule has 0 saturated heterocycles. The summed E-state index contributed by atoms with van der Waals surface area (Å²) in [5.41, 5.74) is 0. The predicted molar refractivity (Wildman–Crippen MR) is 202 cm³/mol. The van der Waals surface area contributed by atoms with Gasteiger partial charge >= 0.3 is 0 Å². The van der Waals surface area contributed by atoms with E-state index in [-0.39, 0.29) is 0 Å². The molecule has 0 fully saturated rings. The fourth-order valence-electron chi connectivity index (χ4n) is 7.21. The third kappa shape index (κ3) is 26.9. The maximum absolute atomic E-state index is 2.63. The van der Waals surface area contributed by atoms with E-state index in [0.29, 0.717) is 0 Å². The lowest BCUT2D eigenvalue weighted by molar-refractivity contribution is -0.704. The third-order valence-corrected chi connectivity index (χ3v) is 10.3. The van der Waals surface area contributed by atoms with Gasteiger partial charge in [-0.25, -0.2) is 9.13 Å². The molecule has 2 nitrogen and oxygen atoms in total. The molecule has 0 saturated carbocycles. The molecule has 2 heteroatoms. The zero-order valence-electron chi connectivity index (χ0n) is 31.7. The number of aryl methyl sites for hydroxylation is 2. The van der Waals surface area contributed by atoms with Crippen molar-refractivity contribution in [2.45, 2.75) is 259 Å². The van der Waals surface area contributed by atoms with Gasteiger partial charge in [-0.1, -0.05) is 207 Å². The van der Waals surface area contributed by atoms with Gasteiger partial charge in [-0.05, 0) is 32.1 Å². The van der Waals surface area contributed by atoms with E-state index >= 15 is 0 Å². The quantitative estimate of drug-likeness (QED) is 0.0511. The Morgan fingerprint density at radius 2 is 0.689 bits per heavy atom.